The molecule has 0 bridgehead atoms. The summed E-state index contributed by atoms with van der Waals surface area (Å²) in [5.41, 5.74) is 5.13. The molecule has 0 spiro atoms. The first-order valence-corrected chi connectivity index (χ1v) is 3.56. The van der Waals surface area contributed by atoms with Gasteiger partial charge < -0.3 is 10.3 Å². The minimum atomic E-state index is -0.970. The van der Waals surface area contributed by atoms with Gasteiger partial charge in [-0.2, -0.15) is 0 Å². The summed E-state index contributed by atoms with van der Waals surface area (Å²) >= 11 is 0. The molecule has 0 fully saturated rings. The van der Waals surface area contributed by atoms with E-state index in [1.54, 1.807) is 17.0 Å². The highest BCUT2D eigenvalue weighted by Gasteiger charge is 2.05. The van der Waals surface area contributed by atoms with E-state index in [1.165, 1.54) is 0 Å². The van der Waals surface area contributed by atoms with E-state index in [0.29, 0.717) is 6.54 Å². The van der Waals surface area contributed by atoms with Crippen LogP contribution in [0.15, 0.2) is 12.4 Å². The van der Waals surface area contributed by atoms with Gasteiger partial charge in [0.1, 0.15) is 12.0 Å². The molecule has 1 rings (SSSR count). The number of aryl methyl sites for hydroxylation is 1. The fourth-order valence-corrected chi connectivity index (χ4v) is 0.885. The van der Waals surface area contributed by atoms with Crippen LogP contribution in [0.1, 0.15) is 5.82 Å². The molecule has 0 aliphatic rings. The maximum Gasteiger partial charge on any atom is 0.130 e. The fourth-order valence-electron chi connectivity index (χ4n) is 0.885. The van der Waals surface area contributed by atoms with Gasteiger partial charge in [-0.3, -0.25) is 0 Å². The Balaban J connectivity index is 2.56. The molecule has 0 amide bonds. The van der Waals surface area contributed by atoms with Crippen molar-refractivity contribution in [3.8, 4) is 0 Å². The first kappa shape index (κ1) is 8.20. The standard InChI is InChI=1S/C7H12FN3/c1-6-10-2-3-11(6)5-7(8)4-9/h2-3,7H,4-5,9H2,1H3. The zero-order valence-electron chi connectivity index (χ0n) is 6.50. The van der Waals surface area contributed by atoms with Crippen LogP contribution in [0.25, 0.3) is 0 Å². The predicted molar refractivity (Wildman–Crippen MR) is 40.9 cm³/mol. The minimum Gasteiger partial charge on any atom is -0.332 e. The first-order valence-electron chi connectivity index (χ1n) is 3.56. The van der Waals surface area contributed by atoms with Gasteiger partial charge in [0.05, 0.1) is 6.54 Å². The maximum atomic E-state index is 12.7. The summed E-state index contributed by atoms with van der Waals surface area (Å²) in [6.45, 7) is 2.21. The summed E-state index contributed by atoms with van der Waals surface area (Å²) in [6, 6.07) is 0. The third kappa shape index (κ3) is 2.01. The third-order valence-electron chi connectivity index (χ3n) is 1.57. The predicted octanol–water partition coefficient (Wildman–Crippen LogP) is 0.488. The molecule has 0 radical (unpaired) electrons. The van der Waals surface area contributed by atoms with Crippen LogP contribution in [-0.4, -0.2) is 22.3 Å². The number of nitrogens with zero attached hydrogens (tertiary/aromatic N) is 2. The molecule has 62 valence electrons. The Labute approximate surface area is 65.0 Å². The topological polar surface area (TPSA) is 43.8 Å². The van der Waals surface area contributed by atoms with E-state index >= 15 is 0 Å². The van der Waals surface area contributed by atoms with E-state index in [-0.39, 0.29) is 6.54 Å². The highest BCUT2D eigenvalue weighted by atomic mass is 19.1. The van der Waals surface area contributed by atoms with Crippen molar-refractivity contribution in [3.05, 3.63) is 18.2 Å². The van der Waals surface area contributed by atoms with Crippen LogP contribution in [0.4, 0.5) is 4.39 Å². The van der Waals surface area contributed by atoms with Gasteiger partial charge >= 0.3 is 0 Å². The number of aromatic nitrogens is 2. The second-order valence-electron chi connectivity index (χ2n) is 2.46. The normalized spacial score (nSPS) is 13.4. The zero-order valence-corrected chi connectivity index (χ0v) is 6.50. The molecule has 0 saturated heterocycles. The van der Waals surface area contributed by atoms with Crippen molar-refractivity contribution in [2.75, 3.05) is 6.54 Å². The molecule has 0 aliphatic carbocycles. The van der Waals surface area contributed by atoms with Crippen LogP contribution in [0.5, 0.6) is 0 Å². The Morgan fingerprint density at radius 3 is 3.00 bits per heavy atom. The van der Waals surface area contributed by atoms with Gasteiger partial charge in [0, 0.05) is 18.9 Å². The molecule has 0 saturated carbocycles. The molecular formula is C7H12FN3. The van der Waals surface area contributed by atoms with E-state index in [2.05, 4.69) is 4.98 Å². The van der Waals surface area contributed by atoms with Gasteiger partial charge in [-0.05, 0) is 6.92 Å². The van der Waals surface area contributed by atoms with Crippen LogP contribution < -0.4 is 5.73 Å². The lowest BCUT2D eigenvalue weighted by molar-refractivity contribution is 0.301. The SMILES string of the molecule is Cc1nccn1CC(F)CN. The van der Waals surface area contributed by atoms with Crippen LogP contribution in [0, 0.1) is 6.92 Å². The monoisotopic (exact) mass is 157 g/mol. The van der Waals surface area contributed by atoms with E-state index in [4.69, 9.17) is 5.73 Å². The number of halogens is 1. The molecule has 1 atom stereocenters. The quantitative estimate of drug-likeness (QED) is 0.693. The van der Waals surface area contributed by atoms with E-state index in [1.807, 2.05) is 6.92 Å². The molecule has 0 aliphatic heterocycles. The molecule has 11 heavy (non-hydrogen) atoms. The number of hydrogen-bond donors (Lipinski definition) is 1. The van der Waals surface area contributed by atoms with Crippen molar-refractivity contribution in [1.29, 1.82) is 0 Å². The second kappa shape index (κ2) is 3.48. The third-order valence-corrected chi connectivity index (χ3v) is 1.57. The number of hydrogen-bond acceptors (Lipinski definition) is 2. The van der Waals surface area contributed by atoms with Gasteiger partial charge in [-0.25, -0.2) is 9.37 Å². The van der Waals surface area contributed by atoms with E-state index in [0.717, 1.165) is 5.82 Å². The largest absolute Gasteiger partial charge is 0.332 e. The average molecular weight is 157 g/mol. The van der Waals surface area contributed by atoms with Gasteiger partial charge in [0.15, 0.2) is 0 Å². The average Bonchev–Trinajstić information content (AvgIpc) is 2.37. The molecule has 1 heterocycles. The smallest absolute Gasteiger partial charge is 0.130 e. The van der Waals surface area contributed by atoms with Crippen molar-refractivity contribution in [2.45, 2.75) is 19.6 Å². The van der Waals surface area contributed by atoms with E-state index in [9.17, 15) is 4.39 Å². The molecule has 0 aromatic carbocycles. The van der Waals surface area contributed by atoms with Gasteiger partial charge in [-0.15, -0.1) is 0 Å². The number of nitrogens with two attached hydrogens (primary N) is 1. The number of rotatable bonds is 3. The molecule has 1 unspecified atom stereocenters. The van der Waals surface area contributed by atoms with Crippen LogP contribution >= 0.6 is 0 Å². The highest BCUT2D eigenvalue weighted by Crippen LogP contribution is 1.99. The van der Waals surface area contributed by atoms with Gasteiger partial charge in [0.2, 0.25) is 0 Å². The molecule has 1 aromatic heterocycles. The van der Waals surface area contributed by atoms with Crippen LogP contribution in [-0.2, 0) is 6.54 Å². The summed E-state index contributed by atoms with van der Waals surface area (Å²) < 4.78 is 14.4. The van der Waals surface area contributed by atoms with Crippen LogP contribution in [0.3, 0.4) is 0 Å². The molecule has 1 aromatic rings. The molecule has 2 N–H and O–H groups in total. The maximum absolute atomic E-state index is 12.7. The Morgan fingerprint density at radius 2 is 2.55 bits per heavy atom. The summed E-state index contributed by atoms with van der Waals surface area (Å²) in [4.78, 5) is 3.96. The van der Waals surface area contributed by atoms with Gasteiger partial charge in [0.25, 0.3) is 0 Å². The molecule has 4 heteroatoms. The van der Waals surface area contributed by atoms with Crippen molar-refractivity contribution in [2.24, 2.45) is 5.73 Å². The van der Waals surface area contributed by atoms with Crippen molar-refractivity contribution in [3.63, 3.8) is 0 Å². The molecule has 3 nitrogen and oxygen atoms in total. The Hall–Kier alpha value is -0.900. The Morgan fingerprint density at radius 1 is 1.82 bits per heavy atom. The lowest BCUT2D eigenvalue weighted by Gasteiger charge is -2.06. The number of imidazole rings is 1. The van der Waals surface area contributed by atoms with Crippen molar-refractivity contribution >= 4 is 0 Å². The van der Waals surface area contributed by atoms with Crippen molar-refractivity contribution < 1.29 is 4.39 Å². The highest BCUT2D eigenvalue weighted by molar-refractivity contribution is 4.89. The van der Waals surface area contributed by atoms with Crippen LogP contribution in [0.2, 0.25) is 0 Å². The Kier molecular flexibility index (Phi) is 2.59. The molecular weight excluding hydrogens is 145 g/mol. The Bertz CT molecular complexity index is 221. The lowest BCUT2D eigenvalue weighted by atomic mass is 10.4. The second-order valence-corrected chi connectivity index (χ2v) is 2.46. The minimum absolute atomic E-state index is 0.0671. The summed E-state index contributed by atoms with van der Waals surface area (Å²) in [7, 11) is 0. The zero-order chi connectivity index (χ0) is 8.27. The fraction of sp³-hybridized carbons (Fsp3) is 0.571. The van der Waals surface area contributed by atoms with E-state index < -0.39 is 6.17 Å². The summed E-state index contributed by atoms with van der Waals surface area (Å²) in [5.74, 6) is 0.820. The first-order chi connectivity index (χ1) is 5.24. The van der Waals surface area contributed by atoms with Crippen molar-refractivity contribution in [1.82, 2.24) is 9.55 Å². The summed E-state index contributed by atoms with van der Waals surface area (Å²) in [5, 5.41) is 0. The summed E-state index contributed by atoms with van der Waals surface area (Å²) in [6.07, 6.45) is 2.43. The number of alkyl halides is 1. The lowest BCUT2D eigenvalue weighted by Crippen LogP contribution is -2.21. The van der Waals surface area contributed by atoms with Gasteiger partial charge in [-0.1, -0.05) is 0 Å².